The standard InChI is InChI=1S/C28H34N2O4/c1-6-7-22-25(11-9-21-24(16-28(3,4)5)30-34-27(21)22)33-17(2)12-20-15-19-13-18(14-26(31)32)8-10-23(19)29-20/h8-11,13,15,17,29H,6-7,12,14,16H2,1-5H3,(H,31,32). The third-order valence-corrected chi connectivity index (χ3v) is 5.91. The summed E-state index contributed by atoms with van der Waals surface area (Å²) in [5, 5.41) is 15.5. The van der Waals surface area contributed by atoms with Crippen LogP contribution in [-0.2, 0) is 30.5 Å². The second-order valence-electron chi connectivity index (χ2n) is 10.5. The lowest BCUT2D eigenvalue weighted by Crippen LogP contribution is -2.16. The Hall–Kier alpha value is -3.28. The van der Waals surface area contributed by atoms with Crippen LogP contribution in [0, 0.1) is 5.41 Å². The van der Waals surface area contributed by atoms with Crippen molar-refractivity contribution in [2.24, 2.45) is 5.41 Å². The van der Waals surface area contributed by atoms with Crippen molar-refractivity contribution >= 4 is 27.8 Å². The molecule has 2 aromatic heterocycles. The van der Waals surface area contributed by atoms with Gasteiger partial charge in [-0.3, -0.25) is 4.79 Å². The van der Waals surface area contributed by atoms with Gasteiger partial charge in [0.15, 0.2) is 5.58 Å². The zero-order chi connectivity index (χ0) is 24.5. The van der Waals surface area contributed by atoms with Gasteiger partial charge in [-0.25, -0.2) is 0 Å². The minimum absolute atomic E-state index is 0.0255. The van der Waals surface area contributed by atoms with Gasteiger partial charge in [-0.1, -0.05) is 45.3 Å². The molecular formula is C28H34N2O4. The molecule has 34 heavy (non-hydrogen) atoms. The number of fused-ring (bicyclic) bond motifs is 2. The average molecular weight is 463 g/mol. The zero-order valence-electron chi connectivity index (χ0n) is 20.7. The molecular weight excluding hydrogens is 428 g/mol. The van der Waals surface area contributed by atoms with Gasteiger partial charge in [0.1, 0.15) is 11.9 Å². The van der Waals surface area contributed by atoms with Crippen molar-refractivity contribution in [2.75, 3.05) is 0 Å². The number of benzene rings is 2. The van der Waals surface area contributed by atoms with E-state index in [1.165, 1.54) is 0 Å². The Kier molecular flexibility index (Phi) is 6.69. The normalized spacial score (nSPS) is 13.0. The highest BCUT2D eigenvalue weighted by Crippen LogP contribution is 2.34. The van der Waals surface area contributed by atoms with E-state index in [1.807, 2.05) is 18.2 Å². The van der Waals surface area contributed by atoms with Crippen LogP contribution < -0.4 is 4.74 Å². The predicted octanol–water partition coefficient (Wildman–Crippen LogP) is 6.49. The summed E-state index contributed by atoms with van der Waals surface area (Å²) >= 11 is 0. The summed E-state index contributed by atoms with van der Waals surface area (Å²) in [6, 6.07) is 11.9. The van der Waals surface area contributed by atoms with Crippen molar-refractivity contribution in [1.82, 2.24) is 10.1 Å². The van der Waals surface area contributed by atoms with Gasteiger partial charge in [0.05, 0.1) is 12.1 Å². The van der Waals surface area contributed by atoms with E-state index in [9.17, 15) is 4.79 Å². The Labute approximate surface area is 200 Å². The summed E-state index contributed by atoms with van der Waals surface area (Å²) < 4.78 is 12.2. The van der Waals surface area contributed by atoms with Gasteiger partial charge in [0.25, 0.3) is 0 Å². The summed E-state index contributed by atoms with van der Waals surface area (Å²) in [6.45, 7) is 10.8. The molecule has 0 spiro atoms. The molecule has 4 rings (SSSR count). The maximum Gasteiger partial charge on any atom is 0.307 e. The first kappa shape index (κ1) is 23.9. The van der Waals surface area contributed by atoms with E-state index < -0.39 is 5.97 Å². The number of aryl methyl sites for hydroxylation is 1. The highest BCUT2D eigenvalue weighted by atomic mass is 16.5. The number of carboxylic acid groups (broad SMARTS) is 1. The van der Waals surface area contributed by atoms with Crippen LogP contribution in [0.1, 0.15) is 63.6 Å². The van der Waals surface area contributed by atoms with E-state index >= 15 is 0 Å². The molecule has 0 bridgehead atoms. The van der Waals surface area contributed by atoms with Gasteiger partial charge in [0.2, 0.25) is 0 Å². The zero-order valence-corrected chi connectivity index (χ0v) is 20.7. The number of nitrogens with one attached hydrogen (secondary N) is 1. The largest absolute Gasteiger partial charge is 0.490 e. The highest BCUT2D eigenvalue weighted by molar-refractivity contribution is 5.85. The van der Waals surface area contributed by atoms with Crippen LogP contribution in [0.3, 0.4) is 0 Å². The van der Waals surface area contributed by atoms with Gasteiger partial charge < -0.3 is 19.4 Å². The lowest BCUT2D eigenvalue weighted by atomic mass is 9.89. The first-order valence-corrected chi connectivity index (χ1v) is 12.0. The van der Waals surface area contributed by atoms with Crippen molar-refractivity contribution in [3.8, 4) is 5.75 Å². The molecule has 2 N–H and O–H groups in total. The third-order valence-electron chi connectivity index (χ3n) is 5.91. The van der Waals surface area contributed by atoms with Crippen molar-refractivity contribution in [1.29, 1.82) is 0 Å². The fourth-order valence-electron chi connectivity index (χ4n) is 4.52. The van der Waals surface area contributed by atoms with Crippen LogP contribution in [0.15, 0.2) is 40.9 Å². The second kappa shape index (κ2) is 9.53. The Bertz CT molecular complexity index is 1310. The number of aromatic amines is 1. The van der Waals surface area contributed by atoms with Crippen molar-refractivity contribution in [3.05, 3.63) is 58.9 Å². The maximum atomic E-state index is 11.0. The molecule has 4 aromatic rings. The number of carboxylic acids is 1. The predicted molar refractivity (Wildman–Crippen MR) is 135 cm³/mol. The van der Waals surface area contributed by atoms with Crippen LogP contribution in [0.5, 0.6) is 5.75 Å². The first-order chi connectivity index (χ1) is 16.1. The summed E-state index contributed by atoms with van der Waals surface area (Å²) in [7, 11) is 0. The number of rotatable bonds is 9. The number of hydrogen-bond donors (Lipinski definition) is 2. The summed E-state index contributed by atoms with van der Waals surface area (Å²) in [5.41, 5.74) is 5.89. The monoisotopic (exact) mass is 462 g/mol. The summed E-state index contributed by atoms with van der Waals surface area (Å²) in [6.07, 6.45) is 3.38. The maximum absolute atomic E-state index is 11.0. The molecule has 1 unspecified atom stereocenters. The lowest BCUT2D eigenvalue weighted by molar-refractivity contribution is -0.136. The van der Waals surface area contributed by atoms with E-state index in [1.54, 1.807) is 0 Å². The smallest absolute Gasteiger partial charge is 0.307 e. The molecule has 1 atom stereocenters. The number of ether oxygens (including phenoxy) is 1. The quantitative estimate of drug-likeness (QED) is 0.297. The molecule has 0 saturated carbocycles. The Balaban J connectivity index is 1.54. The first-order valence-electron chi connectivity index (χ1n) is 12.0. The number of nitrogens with zero attached hydrogens (tertiary/aromatic N) is 1. The highest BCUT2D eigenvalue weighted by Gasteiger charge is 2.21. The van der Waals surface area contributed by atoms with Crippen LogP contribution in [0.4, 0.5) is 0 Å². The molecule has 0 aliphatic carbocycles. The molecule has 0 amide bonds. The van der Waals surface area contributed by atoms with Gasteiger partial charge >= 0.3 is 5.97 Å². The van der Waals surface area contributed by atoms with Gasteiger partial charge in [0, 0.05) is 28.6 Å². The second-order valence-corrected chi connectivity index (χ2v) is 10.5. The van der Waals surface area contributed by atoms with E-state index in [-0.39, 0.29) is 17.9 Å². The van der Waals surface area contributed by atoms with Crippen LogP contribution in [-0.4, -0.2) is 27.3 Å². The Morgan fingerprint density at radius 1 is 1.21 bits per heavy atom. The van der Waals surface area contributed by atoms with Gasteiger partial charge in [-0.05, 0) is 66.5 Å². The van der Waals surface area contributed by atoms with Gasteiger partial charge in [-0.15, -0.1) is 0 Å². The molecule has 6 heteroatoms. The molecule has 2 heterocycles. The molecule has 0 aliphatic rings. The van der Waals surface area contributed by atoms with E-state index in [4.69, 9.17) is 14.4 Å². The number of hydrogen-bond acceptors (Lipinski definition) is 4. The van der Waals surface area contributed by atoms with E-state index in [0.717, 1.165) is 69.4 Å². The number of aliphatic carboxylic acids is 1. The lowest BCUT2D eigenvalue weighted by Gasteiger charge is -2.18. The number of H-pyrrole nitrogens is 1. The van der Waals surface area contributed by atoms with Crippen LogP contribution in [0.2, 0.25) is 0 Å². The molecule has 0 saturated heterocycles. The minimum atomic E-state index is -0.825. The SMILES string of the molecule is CCCc1c(OC(C)Cc2cc3cc(CC(=O)O)ccc3[nH]2)ccc2c(CC(C)(C)C)noc12. The molecule has 0 fully saturated rings. The average Bonchev–Trinajstić information content (AvgIpc) is 3.31. The van der Waals surface area contributed by atoms with Gasteiger partial charge in [-0.2, -0.15) is 0 Å². The van der Waals surface area contributed by atoms with E-state index in [0.29, 0.717) is 6.42 Å². The van der Waals surface area contributed by atoms with Crippen molar-refractivity contribution in [2.45, 2.75) is 72.8 Å². The third kappa shape index (κ3) is 5.44. The van der Waals surface area contributed by atoms with E-state index in [2.05, 4.69) is 63.0 Å². The molecule has 2 aromatic carbocycles. The fraction of sp³-hybridized carbons (Fsp3) is 0.429. The molecule has 0 aliphatic heterocycles. The Morgan fingerprint density at radius 2 is 2.00 bits per heavy atom. The number of carbonyl (C=O) groups is 1. The summed E-state index contributed by atoms with van der Waals surface area (Å²) in [4.78, 5) is 14.4. The summed E-state index contributed by atoms with van der Waals surface area (Å²) in [5.74, 6) is 0.0226. The molecule has 0 radical (unpaired) electrons. The topological polar surface area (TPSA) is 88.4 Å². The molecule has 180 valence electrons. The molecule has 6 nitrogen and oxygen atoms in total. The minimum Gasteiger partial charge on any atom is -0.490 e. The van der Waals surface area contributed by atoms with Crippen molar-refractivity contribution < 1.29 is 19.2 Å². The van der Waals surface area contributed by atoms with Crippen molar-refractivity contribution in [3.63, 3.8) is 0 Å². The van der Waals surface area contributed by atoms with Crippen LogP contribution in [0.25, 0.3) is 21.9 Å². The fourth-order valence-corrected chi connectivity index (χ4v) is 4.52. The van der Waals surface area contributed by atoms with Crippen LogP contribution >= 0.6 is 0 Å². The number of aromatic nitrogens is 2. The Morgan fingerprint density at radius 3 is 2.71 bits per heavy atom.